The molecule has 61 heavy (non-hydrogen) atoms. The van der Waals surface area contributed by atoms with Gasteiger partial charge in [-0.3, -0.25) is 4.98 Å². The van der Waals surface area contributed by atoms with Gasteiger partial charge in [0.05, 0.1) is 28.1 Å². The largest absolute Gasteiger partial charge is 0 e. The van der Waals surface area contributed by atoms with Crippen LogP contribution in [0.1, 0.15) is 63.9 Å². The summed E-state index contributed by atoms with van der Waals surface area (Å²) in [6.45, 7) is 10.4. The Bertz CT molecular complexity index is 3180. The Morgan fingerprint density at radius 2 is 1.62 bits per heavy atom. The minimum Gasteiger partial charge on any atom is 0 e. The van der Waals surface area contributed by atoms with Crippen molar-refractivity contribution >= 4 is 50.8 Å². The first kappa shape index (κ1) is 37.6. The zero-order valence-corrected chi connectivity index (χ0v) is 40.7. The van der Waals surface area contributed by atoms with Crippen LogP contribution in [-0.4, -0.2) is 32.8 Å². The van der Waals surface area contributed by atoms with Gasteiger partial charge in [0.1, 0.15) is 0 Å². The number of aromatic nitrogens is 4. The van der Waals surface area contributed by atoms with Crippen LogP contribution in [0.2, 0.25) is 17.3 Å². The molecule has 0 unspecified atom stereocenters. The molecule has 5 nitrogen and oxygen atoms in total. The average molecular weight is 1040 g/mol. The summed E-state index contributed by atoms with van der Waals surface area (Å²) in [5.74, 6) is 7.32. The molecule has 5 aromatic carbocycles. The fourth-order valence-electron chi connectivity index (χ4n) is 7.76. The fourth-order valence-corrected chi connectivity index (χ4v) is 10.7. The third-order valence-corrected chi connectivity index (χ3v) is 14.8. The molecule has 0 aliphatic rings. The van der Waals surface area contributed by atoms with Crippen LogP contribution in [-0.2, 0) is 31.9 Å². The molecule has 0 atom stereocenters. The molecule has 0 amide bonds. The van der Waals surface area contributed by atoms with Gasteiger partial charge in [0.2, 0.25) is 5.71 Å². The van der Waals surface area contributed by atoms with Crippen LogP contribution >= 0.6 is 0 Å². The number of aryl methyl sites for hydroxylation is 2. The molecule has 4 heterocycles. The van der Waals surface area contributed by atoms with Gasteiger partial charge in [-0.05, 0) is 47.7 Å². The van der Waals surface area contributed by atoms with Crippen LogP contribution in [0.25, 0.3) is 72.6 Å². The summed E-state index contributed by atoms with van der Waals surface area (Å²) >= 11 is -2.32. The first-order valence-electron chi connectivity index (χ1n) is 23.1. The maximum absolute atomic E-state index is 8.60. The van der Waals surface area contributed by atoms with Crippen molar-refractivity contribution < 1.29 is 31.4 Å². The minimum absolute atomic E-state index is 0. The Morgan fingerprint density at radius 1 is 0.852 bits per heavy atom. The van der Waals surface area contributed by atoms with Crippen molar-refractivity contribution in [1.29, 1.82) is 0 Å². The van der Waals surface area contributed by atoms with Crippen LogP contribution < -0.4 is 4.40 Å². The summed E-state index contributed by atoms with van der Waals surface area (Å²) in [6, 6.07) is 46.6. The zero-order chi connectivity index (χ0) is 46.6. The summed E-state index contributed by atoms with van der Waals surface area (Å²) in [5, 5.41) is 2.01. The fraction of sp³-hybridized carbons (Fsp3) is 0.241. The summed E-state index contributed by atoms with van der Waals surface area (Å²) in [7, 11) is 0. The number of hydrogen-bond donors (Lipinski definition) is 0. The van der Waals surface area contributed by atoms with Gasteiger partial charge in [0.15, 0.2) is 0 Å². The molecule has 0 N–H and O–H groups in total. The number of para-hydroxylation sites is 3. The van der Waals surface area contributed by atoms with Crippen LogP contribution in [0.5, 0.6) is 0 Å². The first-order chi connectivity index (χ1) is 30.6. The predicted molar refractivity (Wildman–Crippen MR) is 254 cm³/mol. The average Bonchev–Trinajstić information content (AvgIpc) is 3.83. The van der Waals surface area contributed by atoms with Crippen molar-refractivity contribution in [3.63, 3.8) is 0 Å². The van der Waals surface area contributed by atoms with Crippen molar-refractivity contribution in [2.24, 2.45) is 5.92 Å². The van der Waals surface area contributed by atoms with E-state index in [1.807, 2.05) is 57.3 Å². The molecule has 0 saturated heterocycles. The number of rotatable bonds is 7. The Labute approximate surface area is 384 Å². The van der Waals surface area contributed by atoms with Crippen molar-refractivity contribution in [2.45, 2.75) is 77.5 Å². The van der Waals surface area contributed by atoms with E-state index in [1.54, 1.807) is 12.1 Å². The molecule has 0 aliphatic carbocycles. The van der Waals surface area contributed by atoms with Gasteiger partial charge in [-0.15, -0.1) is 18.2 Å². The third kappa shape index (κ3) is 9.09. The molecule has 0 saturated carbocycles. The number of benzene rings is 5. The van der Waals surface area contributed by atoms with E-state index >= 15 is 0 Å². The van der Waals surface area contributed by atoms with Gasteiger partial charge in [0, 0.05) is 36.7 Å². The molecular weight excluding hydrogens is 985 g/mol. The molecular formula is C54H54GeIrN4O-2. The van der Waals surface area contributed by atoms with Crippen LogP contribution in [0, 0.1) is 31.8 Å². The number of hydrogen-bond acceptors (Lipinski definition) is 4. The number of nitrogens with zero attached hydrogens (tertiary/aromatic N) is 4. The molecule has 0 spiro atoms. The third-order valence-electron chi connectivity index (χ3n) is 10.6. The van der Waals surface area contributed by atoms with Crippen molar-refractivity contribution in [3.05, 3.63) is 162 Å². The van der Waals surface area contributed by atoms with E-state index in [0.717, 1.165) is 65.7 Å². The number of pyridine rings is 2. The Kier molecular flexibility index (Phi) is 10.9. The van der Waals surface area contributed by atoms with Crippen LogP contribution in [0.3, 0.4) is 0 Å². The number of fused-ring (bicyclic) bond motifs is 4. The number of imidazole rings is 1. The molecule has 0 aliphatic heterocycles. The molecule has 0 fully saturated rings. The Morgan fingerprint density at radius 3 is 2.33 bits per heavy atom. The van der Waals surface area contributed by atoms with Crippen molar-refractivity contribution in [2.75, 3.05) is 0 Å². The van der Waals surface area contributed by atoms with E-state index in [1.165, 1.54) is 11.6 Å². The maximum Gasteiger partial charge on any atom is 0 e. The quantitative estimate of drug-likeness (QED) is 0.118. The second-order valence-electron chi connectivity index (χ2n) is 17.7. The normalized spacial score (nSPS) is 13.5. The molecule has 4 aromatic heterocycles. The monoisotopic (exact) mass is 1050 g/mol. The van der Waals surface area contributed by atoms with Gasteiger partial charge in [-0.2, -0.15) is 0 Å². The van der Waals surface area contributed by atoms with E-state index in [2.05, 4.69) is 138 Å². The standard InChI is InChI=1S/C35H28N3O.C19H26GeN.Ir/c1-22-20-21-26-25-15-10-16-27(32(25)39-34(26)36-22)33-37-29-18-8-9-19-30(29)38(33)31-24(23-12-6-5-7-13-23)14-11-17-28(31)35(2,3)4;1-14(2)11-17-12-19(16-9-7-15(3)8-10-16)21-13-18(17)20(4,5)6;/h5-15,17-21H,1-4H3;7-9,12-14H,11H2,1-6H3;/q2*-1;/i;3D3,11D2;. The molecule has 7 heteroatoms. The summed E-state index contributed by atoms with van der Waals surface area (Å²) < 4.78 is 49.4. The second kappa shape index (κ2) is 17.7. The maximum atomic E-state index is 8.60. The van der Waals surface area contributed by atoms with Crippen LogP contribution in [0.15, 0.2) is 132 Å². The van der Waals surface area contributed by atoms with Crippen LogP contribution in [0.4, 0.5) is 0 Å². The molecule has 9 aromatic rings. The van der Waals surface area contributed by atoms with Gasteiger partial charge in [0.25, 0.3) is 0 Å². The second-order valence-corrected chi connectivity index (χ2v) is 28.3. The SMILES string of the molecule is Cc1ccc2c(n1)oc1c(-c3nc4ccccc4n3-c3c(-c4ccccc4)cccc3C(C)(C)C)[c-]ccc12.[2H]C([2H])([2H])c1c[c-]c(-c2cc(C([2H])([2H])C(C)C)[c]([Ge]([CH3])([CH3])[CH3])cn2)cc1.[Ir]. The number of furan rings is 1. The molecule has 311 valence electrons. The summed E-state index contributed by atoms with van der Waals surface area (Å²) in [5.41, 5.74) is 11.9. The topological polar surface area (TPSA) is 56.7 Å². The Hall–Kier alpha value is -5.14. The minimum atomic E-state index is -2.32. The van der Waals surface area contributed by atoms with E-state index < -0.39 is 26.5 Å². The van der Waals surface area contributed by atoms with Gasteiger partial charge in [-0.1, -0.05) is 92.4 Å². The Balaban J connectivity index is 0.000000211. The molecule has 9 rings (SSSR count). The summed E-state index contributed by atoms with van der Waals surface area (Å²) in [4.78, 5) is 14.4. The predicted octanol–water partition coefficient (Wildman–Crippen LogP) is 13.7. The molecule has 1 radical (unpaired) electrons. The van der Waals surface area contributed by atoms with Gasteiger partial charge < -0.3 is 8.98 Å². The zero-order valence-electron chi connectivity index (χ0n) is 41.2. The van der Waals surface area contributed by atoms with E-state index in [0.29, 0.717) is 22.5 Å². The van der Waals surface area contributed by atoms with E-state index in [4.69, 9.17) is 16.3 Å². The first-order valence-corrected chi connectivity index (χ1v) is 27.9. The van der Waals surface area contributed by atoms with Gasteiger partial charge in [-0.25, -0.2) is 4.98 Å². The smallest absolute Gasteiger partial charge is 0 e. The van der Waals surface area contributed by atoms with Crippen molar-refractivity contribution in [3.8, 4) is 39.5 Å². The van der Waals surface area contributed by atoms with E-state index in [-0.39, 0.29) is 37.0 Å². The molecule has 0 bridgehead atoms. The van der Waals surface area contributed by atoms with Crippen molar-refractivity contribution in [1.82, 2.24) is 19.5 Å². The van der Waals surface area contributed by atoms with E-state index in [9.17, 15) is 0 Å². The van der Waals surface area contributed by atoms with Gasteiger partial charge >= 0.3 is 139 Å². The summed E-state index contributed by atoms with van der Waals surface area (Å²) in [6.07, 6.45) is 0.362.